The van der Waals surface area contributed by atoms with Crippen molar-refractivity contribution in [1.82, 2.24) is 20.6 Å². The summed E-state index contributed by atoms with van der Waals surface area (Å²) in [6.07, 6.45) is 5.26. The molecule has 8 nitrogen and oxygen atoms in total. The Bertz CT molecular complexity index is 782. The van der Waals surface area contributed by atoms with E-state index in [9.17, 15) is 9.59 Å². The summed E-state index contributed by atoms with van der Waals surface area (Å²) in [5.41, 5.74) is 0.487. The summed E-state index contributed by atoms with van der Waals surface area (Å²) in [6, 6.07) is 8.61. The van der Waals surface area contributed by atoms with Crippen LogP contribution in [-0.2, 0) is 4.79 Å². The standard InChI is InChI=1S/C20H25N5O3/c1-2-28-17-8-6-15(7-9-17)19(27)23-13-18(26)24-16-5-3-12-25(14-16)20-21-10-4-11-22-20/h4,6-11,16H,2-3,5,12-14H2,1H3,(H,23,27)(H,24,26)/t16-/m0/s1. The monoisotopic (exact) mass is 383 g/mol. The number of hydrogen-bond donors (Lipinski definition) is 2. The van der Waals surface area contributed by atoms with Gasteiger partial charge in [0, 0.05) is 37.1 Å². The van der Waals surface area contributed by atoms with Gasteiger partial charge in [0.05, 0.1) is 13.2 Å². The molecule has 28 heavy (non-hydrogen) atoms. The van der Waals surface area contributed by atoms with Gasteiger partial charge < -0.3 is 20.3 Å². The van der Waals surface area contributed by atoms with E-state index >= 15 is 0 Å². The van der Waals surface area contributed by atoms with Crippen molar-refractivity contribution in [2.24, 2.45) is 0 Å². The predicted octanol–water partition coefficient (Wildman–Crippen LogP) is 1.39. The van der Waals surface area contributed by atoms with Crippen LogP contribution in [0.2, 0.25) is 0 Å². The molecule has 3 rings (SSSR count). The van der Waals surface area contributed by atoms with Gasteiger partial charge in [-0.2, -0.15) is 0 Å². The van der Waals surface area contributed by atoms with E-state index in [1.807, 2.05) is 6.92 Å². The Balaban J connectivity index is 1.45. The third kappa shape index (κ3) is 5.42. The normalized spacial score (nSPS) is 16.3. The van der Waals surface area contributed by atoms with Crippen LogP contribution in [0.1, 0.15) is 30.1 Å². The Morgan fingerprint density at radius 1 is 1.21 bits per heavy atom. The molecule has 2 amide bonds. The molecular weight excluding hydrogens is 358 g/mol. The smallest absolute Gasteiger partial charge is 0.251 e. The van der Waals surface area contributed by atoms with Crippen LogP contribution in [0.25, 0.3) is 0 Å². The average molecular weight is 383 g/mol. The van der Waals surface area contributed by atoms with E-state index in [1.165, 1.54) is 0 Å². The van der Waals surface area contributed by atoms with Crippen LogP contribution in [0.15, 0.2) is 42.7 Å². The van der Waals surface area contributed by atoms with Gasteiger partial charge in [-0.3, -0.25) is 9.59 Å². The van der Waals surface area contributed by atoms with Gasteiger partial charge >= 0.3 is 0 Å². The highest BCUT2D eigenvalue weighted by molar-refractivity contribution is 5.96. The van der Waals surface area contributed by atoms with Crippen LogP contribution < -0.4 is 20.3 Å². The van der Waals surface area contributed by atoms with Crippen molar-refractivity contribution in [1.29, 1.82) is 0 Å². The number of ether oxygens (including phenoxy) is 1. The van der Waals surface area contributed by atoms with Crippen molar-refractivity contribution < 1.29 is 14.3 Å². The maximum absolute atomic E-state index is 12.2. The zero-order valence-electron chi connectivity index (χ0n) is 15.9. The van der Waals surface area contributed by atoms with Gasteiger partial charge in [0.1, 0.15) is 5.75 Å². The highest BCUT2D eigenvalue weighted by Crippen LogP contribution is 2.15. The molecule has 0 saturated carbocycles. The second-order valence-corrected chi connectivity index (χ2v) is 6.54. The molecule has 0 radical (unpaired) electrons. The maximum atomic E-state index is 12.2. The Kier molecular flexibility index (Phi) is 6.78. The van der Waals surface area contributed by atoms with E-state index in [4.69, 9.17) is 4.74 Å². The molecule has 1 aromatic carbocycles. The highest BCUT2D eigenvalue weighted by Gasteiger charge is 2.23. The number of amides is 2. The van der Waals surface area contributed by atoms with Crippen LogP contribution in [0, 0.1) is 0 Å². The third-order valence-corrected chi connectivity index (χ3v) is 4.46. The lowest BCUT2D eigenvalue weighted by molar-refractivity contribution is -0.120. The Morgan fingerprint density at radius 3 is 2.68 bits per heavy atom. The Morgan fingerprint density at radius 2 is 1.96 bits per heavy atom. The van der Waals surface area contributed by atoms with Crippen LogP contribution in [0.5, 0.6) is 5.75 Å². The summed E-state index contributed by atoms with van der Waals surface area (Å²) in [7, 11) is 0. The van der Waals surface area contributed by atoms with Crippen LogP contribution in [-0.4, -0.2) is 54.1 Å². The number of carbonyl (C=O) groups excluding carboxylic acids is 2. The molecule has 1 aromatic heterocycles. The molecule has 1 aliphatic rings. The molecule has 0 bridgehead atoms. The molecule has 2 aromatic rings. The molecular formula is C20H25N5O3. The second kappa shape index (κ2) is 9.68. The van der Waals surface area contributed by atoms with E-state index in [0.717, 1.165) is 19.4 Å². The molecule has 1 fully saturated rings. The van der Waals surface area contributed by atoms with Crippen LogP contribution >= 0.6 is 0 Å². The van der Waals surface area contributed by atoms with Crippen molar-refractivity contribution in [3.63, 3.8) is 0 Å². The minimum Gasteiger partial charge on any atom is -0.494 e. The molecule has 0 aliphatic carbocycles. The predicted molar refractivity (Wildman–Crippen MR) is 105 cm³/mol. The van der Waals surface area contributed by atoms with Crippen molar-refractivity contribution in [2.45, 2.75) is 25.8 Å². The van der Waals surface area contributed by atoms with E-state index in [2.05, 4.69) is 25.5 Å². The maximum Gasteiger partial charge on any atom is 0.251 e. The highest BCUT2D eigenvalue weighted by atomic mass is 16.5. The van der Waals surface area contributed by atoms with Crippen molar-refractivity contribution in [3.05, 3.63) is 48.3 Å². The molecule has 2 N–H and O–H groups in total. The van der Waals surface area contributed by atoms with Crippen LogP contribution in [0.3, 0.4) is 0 Å². The van der Waals surface area contributed by atoms with E-state index < -0.39 is 0 Å². The minimum absolute atomic E-state index is 0.00688. The number of nitrogens with zero attached hydrogens (tertiary/aromatic N) is 3. The van der Waals surface area contributed by atoms with E-state index in [0.29, 0.717) is 30.4 Å². The molecule has 1 aliphatic heterocycles. The minimum atomic E-state index is -0.291. The molecule has 0 unspecified atom stereocenters. The fraction of sp³-hybridized carbons (Fsp3) is 0.400. The quantitative estimate of drug-likeness (QED) is 0.750. The van der Waals surface area contributed by atoms with Gasteiger partial charge in [-0.05, 0) is 50.1 Å². The lowest BCUT2D eigenvalue weighted by Gasteiger charge is -2.33. The number of rotatable bonds is 7. The van der Waals surface area contributed by atoms with Gasteiger partial charge in [0.25, 0.3) is 5.91 Å². The van der Waals surface area contributed by atoms with Crippen molar-refractivity contribution in [2.75, 3.05) is 31.1 Å². The third-order valence-electron chi connectivity index (χ3n) is 4.46. The van der Waals surface area contributed by atoms with Crippen LogP contribution in [0.4, 0.5) is 5.95 Å². The molecule has 1 atom stereocenters. The summed E-state index contributed by atoms with van der Waals surface area (Å²) in [4.78, 5) is 35.0. The Labute approximate surface area is 164 Å². The fourth-order valence-electron chi connectivity index (χ4n) is 3.14. The summed E-state index contributed by atoms with van der Waals surface area (Å²) in [5, 5.41) is 5.63. The summed E-state index contributed by atoms with van der Waals surface area (Å²) >= 11 is 0. The van der Waals surface area contributed by atoms with Gasteiger partial charge in [-0.1, -0.05) is 0 Å². The number of benzene rings is 1. The van der Waals surface area contributed by atoms with Gasteiger partial charge in [0.2, 0.25) is 11.9 Å². The molecule has 0 spiro atoms. The number of nitrogens with one attached hydrogen (secondary N) is 2. The lowest BCUT2D eigenvalue weighted by Crippen LogP contribution is -2.50. The average Bonchev–Trinajstić information content (AvgIpc) is 2.74. The first-order valence-corrected chi connectivity index (χ1v) is 9.48. The number of anilines is 1. The first-order chi connectivity index (χ1) is 13.7. The number of carbonyl (C=O) groups is 2. The van der Waals surface area contributed by atoms with Crippen molar-refractivity contribution in [3.8, 4) is 5.75 Å². The first-order valence-electron chi connectivity index (χ1n) is 9.48. The van der Waals surface area contributed by atoms with Gasteiger partial charge in [-0.15, -0.1) is 0 Å². The SMILES string of the molecule is CCOc1ccc(C(=O)NCC(=O)N[C@H]2CCCN(c3ncccn3)C2)cc1. The molecule has 2 heterocycles. The summed E-state index contributed by atoms with van der Waals surface area (Å²) in [6.45, 7) is 3.93. The van der Waals surface area contributed by atoms with E-state index in [-0.39, 0.29) is 24.4 Å². The zero-order chi connectivity index (χ0) is 19.8. The first kappa shape index (κ1) is 19.6. The van der Waals surface area contributed by atoms with Gasteiger partial charge in [0.15, 0.2) is 0 Å². The van der Waals surface area contributed by atoms with E-state index in [1.54, 1.807) is 42.7 Å². The molecule has 148 valence electrons. The lowest BCUT2D eigenvalue weighted by atomic mass is 10.1. The molecule has 8 heteroatoms. The molecule has 1 saturated heterocycles. The van der Waals surface area contributed by atoms with Gasteiger partial charge in [-0.25, -0.2) is 9.97 Å². The summed E-state index contributed by atoms with van der Waals surface area (Å²) < 4.78 is 5.36. The zero-order valence-corrected chi connectivity index (χ0v) is 15.9. The topological polar surface area (TPSA) is 96.4 Å². The fourth-order valence-corrected chi connectivity index (χ4v) is 3.14. The van der Waals surface area contributed by atoms with Crippen molar-refractivity contribution >= 4 is 17.8 Å². The second-order valence-electron chi connectivity index (χ2n) is 6.54. The number of aromatic nitrogens is 2. The largest absolute Gasteiger partial charge is 0.494 e. The number of hydrogen-bond acceptors (Lipinski definition) is 6. The Hall–Kier alpha value is -3.16. The number of piperidine rings is 1. The summed E-state index contributed by atoms with van der Waals surface area (Å²) in [5.74, 6) is 0.882.